The summed E-state index contributed by atoms with van der Waals surface area (Å²) >= 11 is 0. The molecule has 1 rings (SSSR count). The highest BCUT2D eigenvalue weighted by atomic mass is 16.1. The topological polar surface area (TPSA) is 55.1 Å². The molecule has 3 N–H and O–H groups in total. The van der Waals surface area contributed by atoms with Crippen LogP contribution in [0.2, 0.25) is 0 Å². The predicted octanol–water partition coefficient (Wildman–Crippen LogP) is 2.90. The molecule has 106 valence electrons. The summed E-state index contributed by atoms with van der Waals surface area (Å²) in [5.74, 6) is -0.342. The number of carbonyl (C=O) groups excluding carboxylic acids is 1. The van der Waals surface area contributed by atoms with E-state index < -0.39 is 5.54 Å². The van der Waals surface area contributed by atoms with E-state index in [4.69, 9.17) is 5.73 Å². The lowest BCUT2D eigenvalue weighted by Crippen LogP contribution is -2.51. The van der Waals surface area contributed by atoms with Crippen LogP contribution in [0.15, 0.2) is 24.3 Å². The Morgan fingerprint density at radius 2 is 1.58 bits per heavy atom. The van der Waals surface area contributed by atoms with Crippen molar-refractivity contribution in [1.82, 2.24) is 5.32 Å². The smallest absolute Gasteiger partial charge is 0.237 e. The maximum atomic E-state index is 11.3. The first-order chi connectivity index (χ1) is 8.54. The molecule has 0 spiro atoms. The van der Waals surface area contributed by atoms with Crippen molar-refractivity contribution < 1.29 is 4.79 Å². The van der Waals surface area contributed by atoms with Crippen molar-refractivity contribution in [2.45, 2.75) is 58.5 Å². The van der Waals surface area contributed by atoms with E-state index in [1.807, 2.05) is 6.92 Å². The van der Waals surface area contributed by atoms with E-state index in [1.165, 1.54) is 5.56 Å². The van der Waals surface area contributed by atoms with Crippen molar-refractivity contribution in [2.24, 2.45) is 5.73 Å². The minimum Gasteiger partial charge on any atom is -0.368 e. The minimum atomic E-state index is -0.706. The second-order valence-corrected chi connectivity index (χ2v) is 6.73. The Bertz CT molecular complexity index is 441. The maximum Gasteiger partial charge on any atom is 0.237 e. The maximum absolute atomic E-state index is 11.3. The van der Waals surface area contributed by atoms with E-state index >= 15 is 0 Å². The quantitative estimate of drug-likeness (QED) is 0.876. The number of hydrogen-bond donors (Lipinski definition) is 2. The molecule has 1 aromatic carbocycles. The van der Waals surface area contributed by atoms with Crippen LogP contribution in [0.3, 0.4) is 0 Å². The minimum absolute atomic E-state index is 0.0801. The Hall–Kier alpha value is -1.35. The van der Waals surface area contributed by atoms with Gasteiger partial charge in [-0.15, -0.1) is 0 Å². The van der Waals surface area contributed by atoms with Crippen LogP contribution in [0, 0.1) is 0 Å². The van der Waals surface area contributed by atoms with Gasteiger partial charge in [0.2, 0.25) is 5.91 Å². The number of hydrogen-bond acceptors (Lipinski definition) is 2. The van der Waals surface area contributed by atoms with Gasteiger partial charge < -0.3 is 5.73 Å². The SMILES string of the molecule is CC(NC(C)(C)C(N)=O)c1ccc(C(C)(C)C)cc1. The lowest BCUT2D eigenvalue weighted by atomic mass is 9.86. The zero-order valence-corrected chi connectivity index (χ0v) is 12.9. The first-order valence-electron chi connectivity index (χ1n) is 6.72. The molecule has 19 heavy (non-hydrogen) atoms. The molecule has 0 radical (unpaired) electrons. The Morgan fingerprint density at radius 3 is 1.95 bits per heavy atom. The van der Waals surface area contributed by atoms with Gasteiger partial charge in [0.05, 0.1) is 5.54 Å². The lowest BCUT2D eigenvalue weighted by molar-refractivity contribution is -0.123. The zero-order chi connectivity index (χ0) is 14.8. The summed E-state index contributed by atoms with van der Waals surface area (Å²) in [4.78, 5) is 11.3. The van der Waals surface area contributed by atoms with Crippen LogP contribution < -0.4 is 11.1 Å². The fourth-order valence-electron chi connectivity index (χ4n) is 1.97. The van der Waals surface area contributed by atoms with Gasteiger partial charge in [0, 0.05) is 6.04 Å². The summed E-state index contributed by atoms with van der Waals surface area (Å²) < 4.78 is 0. The molecule has 1 unspecified atom stereocenters. The molecule has 0 saturated heterocycles. The van der Waals surface area contributed by atoms with E-state index in [2.05, 4.69) is 50.4 Å². The summed E-state index contributed by atoms with van der Waals surface area (Å²) in [6, 6.07) is 8.58. The van der Waals surface area contributed by atoms with E-state index in [9.17, 15) is 4.79 Å². The molecule has 0 saturated carbocycles. The molecule has 0 aliphatic heterocycles. The highest BCUT2D eigenvalue weighted by Gasteiger charge is 2.26. The van der Waals surface area contributed by atoms with Gasteiger partial charge in [-0.25, -0.2) is 0 Å². The van der Waals surface area contributed by atoms with Crippen molar-refractivity contribution in [2.75, 3.05) is 0 Å². The van der Waals surface area contributed by atoms with Crippen molar-refractivity contribution in [3.8, 4) is 0 Å². The summed E-state index contributed by atoms with van der Waals surface area (Å²) in [6.45, 7) is 12.2. The molecule has 1 aromatic rings. The number of benzene rings is 1. The molecule has 0 aliphatic rings. The van der Waals surface area contributed by atoms with Crippen molar-refractivity contribution >= 4 is 5.91 Å². The van der Waals surface area contributed by atoms with Gasteiger partial charge in [0.15, 0.2) is 0 Å². The van der Waals surface area contributed by atoms with Crippen molar-refractivity contribution in [3.05, 3.63) is 35.4 Å². The third-order valence-electron chi connectivity index (χ3n) is 3.47. The van der Waals surface area contributed by atoms with Crippen LogP contribution in [-0.4, -0.2) is 11.4 Å². The lowest BCUT2D eigenvalue weighted by Gasteiger charge is -2.28. The second-order valence-electron chi connectivity index (χ2n) is 6.73. The second kappa shape index (κ2) is 5.33. The van der Waals surface area contributed by atoms with Gasteiger partial charge in [-0.2, -0.15) is 0 Å². The zero-order valence-electron chi connectivity index (χ0n) is 12.9. The summed E-state index contributed by atoms with van der Waals surface area (Å²) in [6.07, 6.45) is 0. The number of primary amides is 1. The normalized spacial score (nSPS) is 14.2. The van der Waals surface area contributed by atoms with Crippen molar-refractivity contribution in [1.29, 1.82) is 0 Å². The van der Waals surface area contributed by atoms with Gasteiger partial charge in [0.1, 0.15) is 0 Å². The third-order valence-corrected chi connectivity index (χ3v) is 3.47. The number of carbonyl (C=O) groups is 1. The van der Waals surface area contributed by atoms with Crippen LogP contribution >= 0.6 is 0 Å². The van der Waals surface area contributed by atoms with Crippen LogP contribution in [0.25, 0.3) is 0 Å². The largest absolute Gasteiger partial charge is 0.368 e. The van der Waals surface area contributed by atoms with E-state index in [0.717, 1.165) is 5.56 Å². The molecule has 0 aliphatic carbocycles. The number of amides is 1. The third kappa shape index (κ3) is 4.06. The Balaban J connectivity index is 2.85. The van der Waals surface area contributed by atoms with Gasteiger partial charge in [0.25, 0.3) is 0 Å². The van der Waals surface area contributed by atoms with E-state index in [1.54, 1.807) is 13.8 Å². The van der Waals surface area contributed by atoms with Gasteiger partial charge in [-0.1, -0.05) is 45.0 Å². The van der Waals surface area contributed by atoms with Crippen LogP contribution in [0.4, 0.5) is 0 Å². The molecular formula is C16H26N2O. The Labute approximate surface area is 116 Å². The molecule has 0 heterocycles. The Morgan fingerprint density at radius 1 is 1.11 bits per heavy atom. The van der Waals surface area contributed by atoms with Crippen LogP contribution in [0.5, 0.6) is 0 Å². The molecule has 0 fully saturated rings. The van der Waals surface area contributed by atoms with Gasteiger partial charge in [-0.05, 0) is 37.3 Å². The molecular weight excluding hydrogens is 236 g/mol. The Kier molecular flexibility index (Phi) is 4.41. The summed E-state index contributed by atoms with van der Waals surface area (Å²) in [5.41, 5.74) is 7.28. The van der Waals surface area contributed by atoms with Gasteiger partial charge in [-0.3, -0.25) is 10.1 Å². The highest BCUT2D eigenvalue weighted by Crippen LogP contribution is 2.24. The predicted molar refractivity (Wildman–Crippen MR) is 80.0 cm³/mol. The molecule has 3 heteroatoms. The molecule has 0 aromatic heterocycles. The molecule has 0 bridgehead atoms. The number of nitrogens with two attached hydrogens (primary N) is 1. The van der Waals surface area contributed by atoms with E-state index in [0.29, 0.717) is 0 Å². The first kappa shape index (κ1) is 15.7. The number of rotatable bonds is 4. The van der Waals surface area contributed by atoms with Crippen molar-refractivity contribution in [3.63, 3.8) is 0 Å². The average molecular weight is 262 g/mol. The highest BCUT2D eigenvalue weighted by molar-refractivity contribution is 5.83. The molecule has 1 amide bonds. The molecule has 1 atom stereocenters. The average Bonchev–Trinajstić information content (AvgIpc) is 2.27. The van der Waals surface area contributed by atoms with Crippen LogP contribution in [0.1, 0.15) is 58.7 Å². The van der Waals surface area contributed by atoms with Crippen LogP contribution in [-0.2, 0) is 10.2 Å². The fraction of sp³-hybridized carbons (Fsp3) is 0.562. The van der Waals surface area contributed by atoms with Gasteiger partial charge >= 0.3 is 0 Å². The standard InChI is InChI=1S/C16H26N2O/c1-11(18-16(5,6)14(17)19)12-7-9-13(10-8-12)15(2,3)4/h7-11,18H,1-6H3,(H2,17,19). The fourth-order valence-corrected chi connectivity index (χ4v) is 1.97. The summed E-state index contributed by atoms with van der Waals surface area (Å²) in [7, 11) is 0. The monoisotopic (exact) mass is 262 g/mol. The first-order valence-corrected chi connectivity index (χ1v) is 6.72. The van der Waals surface area contributed by atoms with E-state index in [-0.39, 0.29) is 17.4 Å². The number of nitrogens with one attached hydrogen (secondary N) is 1. The summed E-state index contributed by atoms with van der Waals surface area (Å²) in [5, 5.41) is 3.26. The molecule has 3 nitrogen and oxygen atoms in total.